The van der Waals surface area contributed by atoms with E-state index in [1.54, 1.807) is 0 Å². The summed E-state index contributed by atoms with van der Waals surface area (Å²) in [5.74, 6) is -0.453. The van der Waals surface area contributed by atoms with E-state index in [0.29, 0.717) is 0 Å². The van der Waals surface area contributed by atoms with E-state index in [9.17, 15) is 26.3 Å². The lowest BCUT2D eigenvalue weighted by Crippen LogP contribution is -2.04. The first-order chi connectivity index (χ1) is 12.6. The predicted octanol–water partition coefficient (Wildman–Crippen LogP) is 6.65. The van der Waals surface area contributed by atoms with E-state index in [-0.39, 0.29) is 20.4 Å². The molecule has 25 heavy (non-hydrogen) atoms. The summed E-state index contributed by atoms with van der Waals surface area (Å²) >= 11 is 5.54. The number of phenols is 1. The number of rotatable bonds is 1. The van der Waals surface area contributed by atoms with Crippen molar-refractivity contribution in [3.8, 4) is 11.5 Å². The number of benzene rings is 2. The van der Waals surface area contributed by atoms with Gasteiger partial charge in [0, 0.05) is 0 Å². The maximum atomic E-state index is 12.5. The molecule has 0 saturated carbocycles. The highest BCUT2D eigenvalue weighted by Crippen LogP contribution is 2.35. The molecule has 0 saturated heterocycles. The largest absolute Gasteiger partial charge is 0.507 e. The lowest BCUT2D eigenvalue weighted by molar-refractivity contribution is -0.138. The molecule has 138 valence electrons. The zero-order valence-corrected chi connectivity index (χ0v) is 15.3. The predicted molar refractivity (Wildman–Crippen MR) is 86.5 cm³/mol. The van der Waals surface area contributed by atoms with E-state index in [4.69, 9.17) is 9.22 Å². The Hall–Kier alpha value is -1.42. The summed E-state index contributed by atoms with van der Waals surface area (Å²) < 4.78 is 99.8. The van der Waals surface area contributed by atoms with Gasteiger partial charge in [-0.25, -0.2) is 0 Å². The molecule has 0 fully saturated rings. The molecule has 2 aromatic rings. The van der Waals surface area contributed by atoms with Crippen LogP contribution in [0.1, 0.15) is 15.2 Å². The smallest absolute Gasteiger partial charge is 0.416 e. The third-order valence-corrected chi connectivity index (χ3v) is 3.69. The van der Waals surface area contributed by atoms with E-state index in [2.05, 4.69) is 36.6 Å². The van der Waals surface area contributed by atoms with Crippen LogP contribution in [0.25, 0.3) is 0 Å². The minimum absolute atomic E-state index is 0.0392. The second-order valence-corrected chi connectivity index (χ2v) is 5.91. The number of alkyl halides is 6. The lowest BCUT2D eigenvalue weighted by atomic mass is 10.2. The van der Waals surface area contributed by atoms with Gasteiger partial charge >= 0.3 is 12.4 Å². The van der Waals surface area contributed by atoms with Gasteiger partial charge in [-0.1, -0.05) is 0 Å². The van der Waals surface area contributed by atoms with Gasteiger partial charge in [0.15, 0.2) is 0 Å². The SMILES string of the molecule is Oc1ccc(C(F)(F)F)cc1Br.[2H]c1c([2H])c(C(F)(F)F)c([2H])c(Br)c1OC. The highest BCUT2D eigenvalue weighted by Gasteiger charge is 2.31. The molecule has 0 radical (unpaired) electrons. The van der Waals surface area contributed by atoms with E-state index in [0.717, 1.165) is 25.3 Å². The summed E-state index contributed by atoms with van der Waals surface area (Å²) in [5.41, 5.74) is -2.22. The van der Waals surface area contributed by atoms with Gasteiger partial charge in [-0.15, -0.1) is 0 Å². The number of halogens is 8. The first-order valence-corrected chi connectivity index (χ1v) is 7.67. The van der Waals surface area contributed by atoms with Gasteiger partial charge in [0.05, 0.1) is 31.3 Å². The van der Waals surface area contributed by atoms with Gasteiger partial charge in [-0.05, 0) is 68.2 Å². The molecule has 10 heteroatoms. The van der Waals surface area contributed by atoms with Crippen molar-refractivity contribution >= 4 is 31.9 Å². The van der Waals surface area contributed by atoms with Crippen molar-refractivity contribution in [2.24, 2.45) is 0 Å². The third-order valence-electron chi connectivity index (χ3n) is 2.50. The molecule has 0 aliphatic carbocycles. The Kier molecular flexibility index (Phi) is 5.65. The Balaban J connectivity index is 0.000000292. The molecular weight excluding hydrogens is 486 g/mol. The molecule has 0 bridgehead atoms. The first-order valence-electron chi connectivity index (χ1n) is 7.59. The average Bonchev–Trinajstić information content (AvgIpc) is 2.55. The Morgan fingerprint density at radius 1 is 0.960 bits per heavy atom. The Morgan fingerprint density at radius 2 is 1.52 bits per heavy atom. The van der Waals surface area contributed by atoms with Gasteiger partial charge in [-0.2, -0.15) is 26.3 Å². The number of ether oxygens (including phenoxy) is 1. The molecule has 0 aliphatic rings. The fourth-order valence-corrected chi connectivity index (χ4v) is 2.18. The summed E-state index contributed by atoms with van der Waals surface area (Å²) in [6.07, 6.45) is -9.20. The van der Waals surface area contributed by atoms with Gasteiger partial charge in [0.25, 0.3) is 0 Å². The molecule has 0 aliphatic heterocycles. The lowest BCUT2D eigenvalue weighted by Gasteiger charge is -2.08. The number of phenolic OH excluding ortho intramolecular Hbond substituents is 1. The van der Waals surface area contributed by atoms with Crippen LogP contribution in [-0.4, -0.2) is 12.2 Å². The van der Waals surface area contributed by atoms with E-state index >= 15 is 0 Å². The minimum Gasteiger partial charge on any atom is -0.507 e. The molecule has 2 nitrogen and oxygen atoms in total. The van der Waals surface area contributed by atoms with Crippen molar-refractivity contribution in [3.05, 3.63) is 56.4 Å². The maximum absolute atomic E-state index is 12.5. The number of aromatic hydroxyl groups is 1. The zero-order valence-electron chi connectivity index (χ0n) is 15.1. The van der Waals surface area contributed by atoms with Crippen LogP contribution in [-0.2, 0) is 12.4 Å². The van der Waals surface area contributed by atoms with Crippen molar-refractivity contribution in [1.29, 1.82) is 0 Å². The molecule has 0 heterocycles. The fourth-order valence-electron chi connectivity index (χ4n) is 1.34. The quantitative estimate of drug-likeness (QED) is 0.446. The third kappa shape index (κ3) is 6.43. The van der Waals surface area contributed by atoms with Crippen molar-refractivity contribution in [2.45, 2.75) is 12.4 Å². The van der Waals surface area contributed by atoms with Crippen LogP contribution in [0.5, 0.6) is 11.5 Å². The Morgan fingerprint density at radius 3 is 1.96 bits per heavy atom. The van der Waals surface area contributed by atoms with Crippen LogP contribution < -0.4 is 4.74 Å². The topological polar surface area (TPSA) is 29.5 Å². The fraction of sp³-hybridized carbons (Fsp3) is 0.200. The van der Waals surface area contributed by atoms with Crippen LogP contribution in [0.4, 0.5) is 26.3 Å². The number of methoxy groups -OCH3 is 1. The van der Waals surface area contributed by atoms with E-state index < -0.39 is 41.6 Å². The average molecular weight is 499 g/mol. The zero-order chi connectivity index (χ0) is 22.0. The van der Waals surface area contributed by atoms with E-state index in [1.165, 1.54) is 0 Å². The van der Waals surface area contributed by atoms with Gasteiger partial charge < -0.3 is 9.84 Å². The molecule has 0 spiro atoms. The minimum atomic E-state index is -4.83. The molecule has 1 N–H and O–H groups in total. The van der Waals surface area contributed by atoms with Crippen LogP contribution in [0.2, 0.25) is 0 Å². The molecule has 2 rings (SSSR count). The van der Waals surface area contributed by atoms with Crippen LogP contribution in [0.3, 0.4) is 0 Å². The summed E-state index contributed by atoms with van der Waals surface area (Å²) in [4.78, 5) is 0. The summed E-state index contributed by atoms with van der Waals surface area (Å²) in [5, 5.41) is 8.90. The van der Waals surface area contributed by atoms with Crippen molar-refractivity contribution in [3.63, 3.8) is 0 Å². The second-order valence-electron chi connectivity index (χ2n) is 4.26. The molecular formula is C15H10Br2F6O2. The molecule has 0 amide bonds. The van der Waals surface area contributed by atoms with Crippen LogP contribution >= 0.6 is 31.9 Å². The highest BCUT2D eigenvalue weighted by molar-refractivity contribution is 9.10. The van der Waals surface area contributed by atoms with Crippen LogP contribution in [0, 0.1) is 0 Å². The summed E-state index contributed by atoms with van der Waals surface area (Å²) in [6, 6.07) is -0.0110. The normalized spacial score (nSPS) is 13.2. The molecule has 0 aromatic heterocycles. The maximum Gasteiger partial charge on any atom is 0.416 e. The monoisotopic (exact) mass is 497 g/mol. The standard InChI is InChI=1S/C8H6BrF3O.C7H4BrF3O/c1-13-7-3-2-5(4-6(7)9)8(10,11)12;8-5-3-4(7(9,10)11)1-2-6(5)12/h2-4H,1H3;1-3,12H/i2D,3D,4D;. The second kappa shape index (κ2) is 8.31. The van der Waals surface area contributed by atoms with E-state index in [1.807, 2.05) is 0 Å². The Bertz CT molecular complexity index is 843. The van der Waals surface area contributed by atoms with Crippen LogP contribution in [0.15, 0.2) is 45.3 Å². The Labute approximate surface area is 159 Å². The van der Waals surface area contributed by atoms with Crippen molar-refractivity contribution in [2.75, 3.05) is 7.11 Å². The molecule has 2 aromatic carbocycles. The summed E-state index contributed by atoms with van der Waals surface area (Å²) in [7, 11) is 1.16. The van der Waals surface area contributed by atoms with Crippen molar-refractivity contribution < 1.29 is 40.3 Å². The highest BCUT2D eigenvalue weighted by atomic mass is 79.9. The number of hydrogen-bond donors (Lipinski definition) is 1. The molecule has 0 unspecified atom stereocenters. The summed E-state index contributed by atoms with van der Waals surface area (Å²) in [6.45, 7) is 0. The van der Waals surface area contributed by atoms with Gasteiger partial charge in [0.2, 0.25) is 0 Å². The van der Waals surface area contributed by atoms with Crippen molar-refractivity contribution in [1.82, 2.24) is 0 Å². The first kappa shape index (κ1) is 17.0. The van der Waals surface area contributed by atoms with Gasteiger partial charge in [-0.3, -0.25) is 0 Å². The van der Waals surface area contributed by atoms with Gasteiger partial charge in [0.1, 0.15) is 11.5 Å². The molecule has 0 atom stereocenters. The number of hydrogen-bond acceptors (Lipinski definition) is 2.